The normalized spacial score (nSPS) is 13.4. The number of hydrazone groups is 1. The summed E-state index contributed by atoms with van der Waals surface area (Å²) in [7, 11) is 0. The van der Waals surface area contributed by atoms with Crippen LogP contribution in [0.1, 0.15) is 26.6 Å². The second-order valence-electron chi connectivity index (χ2n) is 7.09. The van der Waals surface area contributed by atoms with Crippen molar-refractivity contribution in [3.8, 4) is 11.8 Å². The third kappa shape index (κ3) is 5.14. The first kappa shape index (κ1) is 24.2. The molecular weight excluding hydrogens is 458 g/mol. The standard InChI is InChI=1S/C22H19F4N5OS/c1-14-2-6-17(33-14)7-3-15-4-9-20(29-11-15)22(25,26)21(32,12-31(28)13-30-27)18-8-5-16(23)10-19(18)24/h2,4-6,8-11,13,32H,12,27-28H2,1H3/b30-13-. The number of thiophene rings is 1. The van der Waals surface area contributed by atoms with Crippen LogP contribution in [0.25, 0.3) is 0 Å². The van der Waals surface area contributed by atoms with Crippen LogP contribution in [0.5, 0.6) is 0 Å². The van der Waals surface area contributed by atoms with Crippen molar-refractivity contribution in [3.05, 3.63) is 86.9 Å². The van der Waals surface area contributed by atoms with E-state index >= 15 is 8.78 Å². The van der Waals surface area contributed by atoms with Crippen molar-refractivity contribution >= 4 is 17.7 Å². The molecule has 0 aliphatic rings. The van der Waals surface area contributed by atoms with Gasteiger partial charge in [-0.2, -0.15) is 13.9 Å². The molecule has 0 saturated heterocycles. The monoisotopic (exact) mass is 477 g/mol. The third-order valence-corrected chi connectivity index (χ3v) is 5.59. The third-order valence-electron chi connectivity index (χ3n) is 4.68. The van der Waals surface area contributed by atoms with Gasteiger partial charge in [-0.3, -0.25) is 9.99 Å². The molecule has 1 aromatic carbocycles. The van der Waals surface area contributed by atoms with E-state index in [1.165, 1.54) is 17.4 Å². The second-order valence-corrected chi connectivity index (χ2v) is 8.38. The van der Waals surface area contributed by atoms with E-state index in [-0.39, 0.29) is 0 Å². The Morgan fingerprint density at radius 1 is 1.18 bits per heavy atom. The van der Waals surface area contributed by atoms with Crippen molar-refractivity contribution in [1.29, 1.82) is 0 Å². The number of hydrogen-bond donors (Lipinski definition) is 3. The molecule has 2 heterocycles. The average Bonchev–Trinajstić information content (AvgIpc) is 3.17. The number of benzene rings is 1. The largest absolute Gasteiger partial charge is 0.377 e. The maximum Gasteiger partial charge on any atom is 0.323 e. The van der Waals surface area contributed by atoms with Gasteiger partial charge < -0.3 is 10.9 Å². The van der Waals surface area contributed by atoms with Crippen LogP contribution in [0.2, 0.25) is 0 Å². The van der Waals surface area contributed by atoms with Crippen LogP contribution in [0.3, 0.4) is 0 Å². The van der Waals surface area contributed by atoms with Gasteiger partial charge in [0, 0.05) is 28.3 Å². The Bertz CT molecular complexity index is 1220. The maximum atomic E-state index is 15.6. The Morgan fingerprint density at radius 2 is 1.94 bits per heavy atom. The first-order valence-corrected chi connectivity index (χ1v) is 10.2. The van der Waals surface area contributed by atoms with Crippen LogP contribution < -0.4 is 11.7 Å². The van der Waals surface area contributed by atoms with Crippen molar-refractivity contribution in [2.75, 3.05) is 6.54 Å². The molecule has 172 valence electrons. The van der Waals surface area contributed by atoms with Gasteiger partial charge in [0.05, 0.1) is 11.4 Å². The molecule has 11 heteroatoms. The van der Waals surface area contributed by atoms with Crippen LogP contribution in [0, 0.1) is 30.4 Å². The molecule has 6 nitrogen and oxygen atoms in total. The number of rotatable bonds is 6. The fourth-order valence-corrected chi connectivity index (χ4v) is 3.79. The fraction of sp³-hybridized carbons (Fsp3) is 0.182. The molecule has 0 amide bonds. The van der Waals surface area contributed by atoms with Gasteiger partial charge in [-0.25, -0.2) is 14.6 Å². The van der Waals surface area contributed by atoms with Gasteiger partial charge in [0.1, 0.15) is 23.7 Å². The second kappa shape index (κ2) is 9.58. The minimum atomic E-state index is -4.16. The Morgan fingerprint density at radius 3 is 2.52 bits per heavy atom. The van der Waals surface area contributed by atoms with Crippen molar-refractivity contribution in [1.82, 2.24) is 9.99 Å². The molecule has 0 radical (unpaired) electrons. The number of aromatic nitrogens is 1. The molecule has 3 rings (SSSR count). The zero-order chi connectivity index (χ0) is 24.2. The van der Waals surface area contributed by atoms with E-state index in [1.54, 1.807) is 0 Å². The SMILES string of the molecule is Cc1ccc(C#Cc2ccc(C(F)(F)C(O)(CN(N)/C=N\N)c3ccc(F)cc3F)nc2)s1. The molecule has 0 aliphatic carbocycles. The van der Waals surface area contributed by atoms with Crippen LogP contribution in [-0.4, -0.2) is 28.0 Å². The summed E-state index contributed by atoms with van der Waals surface area (Å²) in [5.74, 6) is 9.71. The first-order chi connectivity index (χ1) is 15.6. The Balaban J connectivity index is 2.01. The minimum Gasteiger partial charge on any atom is -0.377 e. The highest BCUT2D eigenvalue weighted by atomic mass is 32.1. The zero-order valence-electron chi connectivity index (χ0n) is 17.3. The van der Waals surface area contributed by atoms with Crippen molar-refractivity contribution in [2.45, 2.75) is 18.4 Å². The average molecular weight is 477 g/mol. The van der Waals surface area contributed by atoms with Crippen LogP contribution in [-0.2, 0) is 11.5 Å². The van der Waals surface area contributed by atoms with E-state index in [2.05, 4.69) is 21.9 Å². The number of hydrazine groups is 1. The zero-order valence-corrected chi connectivity index (χ0v) is 18.1. The minimum absolute atomic E-state index is 0.354. The summed E-state index contributed by atoms with van der Waals surface area (Å²) in [6.45, 7) is 0.894. The summed E-state index contributed by atoms with van der Waals surface area (Å²) in [4.78, 5) is 5.61. The van der Waals surface area contributed by atoms with E-state index in [0.717, 1.165) is 40.5 Å². The van der Waals surface area contributed by atoms with Gasteiger partial charge in [-0.05, 0) is 43.3 Å². The quantitative estimate of drug-likeness (QED) is 0.126. The lowest BCUT2D eigenvalue weighted by atomic mass is 9.84. The number of aliphatic hydroxyl groups is 1. The van der Waals surface area contributed by atoms with E-state index in [9.17, 15) is 13.9 Å². The smallest absolute Gasteiger partial charge is 0.323 e. The molecule has 2 aromatic heterocycles. The van der Waals surface area contributed by atoms with E-state index in [0.29, 0.717) is 16.6 Å². The summed E-state index contributed by atoms with van der Waals surface area (Å²) < 4.78 is 59.0. The Hall–Kier alpha value is -3.46. The van der Waals surface area contributed by atoms with Crippen LogP contribution in [0.4, 0.5) is 17.6 Å². The highest BCUT2D eigenvalue weighted by molar-refractivity contribution is 7.12. The molecular formula is C22H19F4N5OS. The van der Waals surface area contributed by atoms with Crippen molar-refractivity contribution < 1.29 is 22.7 Å². The Kier molecular flexibility index (Phi) is 7.02. The van der Waals surface area contributed by atoms with Crippen molar-refractivity contribution in [3.63, 3.8) is 0 Å². The van der Waals surface area contributed by atoms with Gasteiger partial charge in [0.2, 0.25) is 0 Å². The lowest BCUT2D eigenvalue weighted by molar-refractivity contribution is -0.203. The number of nitrogens with two attached hydrogens (primary N) is 2. The number of aryl methyl sites for hydroxylation is 1. The first-order valence-electron chi connectivity index (χ1n) is 9.42. The van der Waals surface area contributed by atoms with E-state index in [4.69, 9.17) is 11.7 Å². The predicted octanol–water partition coefficient (Wildman–Crippen LogP) is 3.19. The summed E-state index contributed by atoms with van der Waals surface area (Å²) in [6.07, 6.45) is 1.88. The summed E-state index contributed by atoms with van der Waals surface area (Å²) in [5, 5.41) is 14.7. The molecule has 5 N–H and O–H groups in total. The lowest BCUT2D eigenvalue weighted by Crippen LogP contribution is -2.53. The molecule has 0 fully saturated rings. The summed E-state index contributed by atoms with van der Waals surface area (Å²) in [5.41, 5.74) is -4.65. The lowest BCUT2D eigenvalue weighted by Gasteiger charge is -2.37. The Labute approximate surface area is 191 Å². The number of hydrogen-bond acceptors (Lipinski definition) is 6. The molecule has 3 aromatic rings. The molecule has 1 unspecified atom stereocenters. The fourth-order valence-electron chi connectivity index (χ4n) is 3.07. The number of nitrogens with zero attached hydrogens (tertiary/aromatic N) is 3. The van der Waals surface area contributed by atoms with Crippen LogP contribution >= 0.6 is 11.3 Å². The summed E-state index contributed by atoms with van der Waals surface area (Å²) in [6, 6.07) is 7.85. The highest BCUT2D eigenvalue weighted by Crippen LogP contribution is 2.45. The molecule has 0 aliphatic heterocycles. The highest BCUT2D eigenvalue weighted by Gasteiger charge is 2.58. The predicted molar refractivity (Wildman–Crippen MR) is 117 cm³/mol. The molecule has 33 heavy (non-hydrogen) atoms. The van der Waals surface area contributed by atoms with Gasteiger partial charge in [-0.15, -0.1) is 11.3 Å². The van der Waals surface area contributed by atoms with Gasteiger partial charge in [0.25, 0.3) is 0 Å². The van der Waals surface area contributed by atoms with Gasteiger partial charge >= 0.3 is 5.92 Å². The molecule has 1 atom stereocenters. The maximum absolute atomic E-state index is 15.6. The molecule has 0 spiro atoms. The number of alkyl halides is 2. The van der Waals surface area contributed by atoms with Gasteiger partial charge in [0.15, 0.2) is 5.60 Å². The van der Waals surface area contributed by atoms with E-state index < -0.39 is 41.0 Å². The summed E-state index contributed by atoms with van der Waals surface area (Å²) >= 11 is 1.48. The molecule has 0 bridgehead atoms. The van der Waals surface area contributed by atoms with Gasteiger partial charge in [-0.1, -0.05) is 11.8 Å². The van der Waals surface area contributed by atoms with Crippen molar-refractivity contribution in [2.24, 2.45) is 16.8 Å². The van der Waals surface area contributed by atoms with E-state index in [1.807, 2.05) is 19.1 Å². The number of halogens is 4. The number of pyridine rings is 1. The topological polar surface area (TPSA) is 101 Å². The molecule has 0 saturated carbocycles. The van der Waals surface area contributed by atoms with Crippen LogP contribution in [0.15, 0.2) is 53.8 Å².